The number of hydrogen-bond donors (Lipinski definition) is 1. The third-order valence-electron chi connectivity index (χ3n) is 2.91. The summed E-state index contributed by atoms with van der Waals surface area (Å²) >= 11 is 4.76. The number of nitro benzene ring substituents is 1. The van der Waals surface area contributed by atoms with Crippen LogP contribution in [0.4, 0.5) is 11.4 Å². The summed E-state index contributed by atoms with van der Waals surface area (Å²) < 4.78 is 0.702. The first-order chi connectivity index (χ1) is 9.49. The highest BCUT2D eigenvalue weighted by atomic mass is 79.9. The van der Waals surface area contributed by atoms with E-state index in [4.69, 9.17) is 5.73 Å². The normalized spacial score (nSPS) is 10.5. The highest BCUT2D eigenvalue weighted by Gasteiger charge is 2.14. The minimum absolute atomic E-state index is 0.123. The van der Waals surface area contributed by atoms with Crippen molar-refractivity contribution in [2.45, 2.75) is 17.6 Å². The maximum absolute atomic E-state index is 11.1. The molecule has 4 nitrogen and oxygen atoms in total. The number of nitrogens with zero attached hydrogens (tertiary/aromatic N) is 1. The van der Waals surface area contributed by atoms with Crippen LogP contribution in [0.5, 0.6) is 0 Å². The van der Waals surface area contributed by atoms with Crippen LogP contribution in [0.1, 0.15) is 11.1 Å². The zero-order valence-electron chi connectivity index (χ0n) is 10.8. The highest BCUT2D eigenvalue weighted by molar-refractivity contribution is 9.10. The lowest BCUT2D eigenvalue weighted by Gasteiger charge is -2.08. The minimum atomic E-state index is -0.361. The zero-order valence-corrected chi connectivity index (χ0v) is 13.2. The summed E-state index contributed by atoms with van der Waals surface area (Å²) in [5, 5.41) is 11.1. The molecular formula is C14H13BrN2O2S. The zero-order chi connectivity index (χ0) is 14.7. The van der Waals surface area contributed by atoms with E-state index in [2.05, 4.69) is 15.9 Å². The lowest BCUT2D eigenvalue weighted by molar-refractivity contribution is -0.385. The van der Waals surface area contributed by atoms with E-state index in [0.717, 1.165) is 16.1 Å². The van der Waals surface area contributed by atoms with E-state index in [1.54, 1.807) is 6.07 Å². The fraction of sp³-hybridized carbons (Fsp3) is 0.143. The van der Waals surface area contributed by atoms with Gasteiger partial charge in [0.2, 0.25) is 0 Å². The Morgan fingerprint density at radius 1 is 1.35 bits per heavy atom. The molecule has 0 spiro atoms. The average molecular weight is 353 g/mol. The Bertz CT molecular complexity index is 662. The first-order valence-corrected chi connectivity index (χ1v) is 7.67. The fourth-order valence-electron chi connectivity index (χ4n) is 1.76. The molecule has 0 fully saturated rings. The van der Waals surface area contributed by atoms with Gasteiger partial charge in [0.25, 0.3) is 5.69 Å². The Morgan fingerprint density at radius 2 is 2.10 bits per heavy atom. The smallest absolute Gasteiger partial charge is 0.274 e. The largest absolute Gasteiger partial charge is 0.398 e. The van der Waals surface area contributed by atoms with E-state index < -0.39 is 0 Å². The molecule has 0 aliphatic heterocycles. The van der Waals surface area contributed by atoms with Gasteiger partial charge in [0, 0.05) is 32.4 Å². The van der Waals surface area contributed by atoms with Gasteiger partial charge < -0.3 is 5.73 Å². The van der Waals surface area contributed by atoms with Crippen LogP contribution in [0.2, 0.25) is 0 Å². The van der Waals surface area contributed by atoms with Crippen LogP contribution < -0.4 is 5.73 Å². The number of nitro groups is 1. The van der Waals surface area contributed by atoms with Crippen LogP contribution in [0, 0.1) is 17.0 Å². The summed E-state index contributed by atoms with van der Waals surface area (Å²) in [5.74, 6) is 0.511. The number of nitrogen functional groups attached to an aromatic ring is 1. The van der Waals surface area contributed by atoms with Crippen LogP contribution in [-0.4, -0.2) is 4.92 Å². The van der Waals surface area contributed by atoms with Crippen molar-refractivity contribution in [3.63, 3.8) is 0 Å². The van der Waals surface area contributed by atoms with Crippen molar-refractivity contribution >= 4 is 39.1 Å². The molecule has 2 aromatic carbocycles. The molecule has 0 radical (unpaired) electrons. The number of anilines is 1. The predicted octanol–water partition coefficient (Wildman–Crippen LogP) is 4.54. The molecule has 0 saturated carbocycles. The topological polar surface area (TPSA) is 69.2 Å². The number of benzene rings is 2. The van der Waals surface area contributed by atoms with E-state index in [-0.39, 0.29) is 10.6 Å². The Kier molecular flexibility index (Phi) is 4.67. The lowest BCUT2D eigenvalue weighted by Crippen LogP contribution is -1.95. The van der Waals surface area contributed by atoms with Gasteiger partial charge in [0.1, 0.15) is 0 Å². The van der Waals surface area contributed by atoms with Crippen molar-refractivity contribution in [1.82, 2.24) is 0 Å². The van der Waals surface area contributed by atoms with Crippen molar-refractivity contribution in [2.24, 2.45) is 0 Å². The van der Waals surface area contributed by atoms with E-state index >= 15 is 0 Å². The summed E-state index contributed by atoms with van der Waals surface area (Å²) in [6, 6.07) is 10.9. The molecule has 0 saturated heterocycles. The molecule has 0 bridgehead atoms. The van der Waals surface area contributed by atoms with E-state index in [0.29, 0.717) is 15.8 Å². The van der Waals surface area contributed by atoms with Gasteiger partial charge in [-0.3, -0.25) is 10.1 Å². The second kappa shape index (κ2) is 6.28. The second-order valence-corrected chi connectivity index (χ2v) is 6.24. The van der Waals surface area contributed by atoms with Crippen LogP contribution in [0.3, 0.4) is 0 Å². The maximum Gasteiger partial charge on any atom is 0.274 e. The second-order valence-electron chi connectivity index (χ2n) is 4.31. The maximum atomic E-state index is 11.1. The quantitative estimate of drug-likeness (QED) is 0.379. The summed E-state index contributed by atoms with van der Waals surface area (Å²) in [4.78, 5) is 11.6. The number of para-hydroxylation sites is 1. The third kappa shape index (κ3) is 3.32. The van der Waals surface area contributed by atoms with Crippen molar-refractivity contribution in [3.8, 4) is 0 Å². The molecule has 0 aromatic heterocycles. The van der Waals surface area contributed by atoms with Gasteiger partial charge in [-0.1, -0.05) is 34.1 Å². The number of halogens is 1. The first-order valence-electron chi connectivity index (χ1n) is 5.89. The van der Waals surface area contributed by atoms with E-state index in [1.807, 2.05) is 31.2 Å². The molecule has 0 unspecified atom stereocenters. The van der Waals surface area contributed by atoms with Crippen LogP contribution in [-0.2, 0) is 5.75 Å². The van der Waals surface area contributed by atoms with E-state index in [9.17, 15) is 10.1 Å². The van der Waals surface area contributed by atoms with Crippen LogP contribution in [0.25, 0.3) is 0 Å². The van der Waals surface area contributed by atoms with E-state index in [1.165, 1.54) is 17.8 Å². The number of aryl methyl sites for hydroxylation is 1. The van der Waals surface area contributed by atoms with Gasteiger partial charge in [-0.05, 0) is 24.6 Å². The summed E-state index contributed by atoms with van der Waals surface area (Å²) in [7, 11) is 0. The van der Waals surface area contributed by atoms with Gasteiger partial charge in [-0.2, -0.15) is 0 Å². The van der Waals surface area contributed by atoms with Crippen molar-refractivity contribution in [3.05, 3.63) is 62.1 Å². The fourth-order valence-corrected chi connectivity index (χ4v) is 3.16. The van der Waals surface area contributed by atoms with Gasteiger partial charge in [-0.25, -0.2) is 0 Å². The molecule has 0 amide bonds. The molecule has 104 valence electrons. The molecule has 2 aromatic rings. The van der Waals surface area contributed by atoms with Gasteiger partial charge >= 0.3 is 0 Å². The summed E-state index contributed by atoms with van der Waals surface area (Å²) in [5.41, 5.74) is 8.56. The predicted molar refractivity (Wildman–Crippen MR) is 85.9 cm³/mol. The lowest BCUT2D eigenvalue weighted by atomic mass is 10.2. The average Bonchev–Trinajstić information content (AvgIpc) is 2.41. The Hall–Kier alpha value is -1.53. The van der Waals surface area contributed by atoms with Crippen molar-refractivity contribution in [2.75, 3.05) is 5.73 Å². The molecule has 0 heterocycles. The molecule has 0 aliphatic rings. The molecule has 0 aliphatic carbocycles. The third-order valence-corrected chi connectivity index (χ3v) is 4.53. The molecule has 2 N–H and O–H groups in total. The number of thioether (sulfide) groups is 1. The Labute approximate surface area is 129 Å². The van der Waals surface area contributed by atoms with Crippen molar-refractivity contribution < 1.29 is 4.92 Å². The van der Waals surface area contributed by atoms with Crippen molar-refractivity contribution in [1.29, 1.82) is 0 Å². The first kappa shape index (κ1) is 14.9. The standard InChI is InChI=1S/C14H13BrN2O2S/c1-9-3-2-4-13(14(9)16)20-8-10-5-6-11(15)7-12(10)17(18)19/h2-7H,8,16H2,1H3. The minimum Gasteiger partial charge on any atom is -0.398 e. The molecular weight excluding hydrogens is 340 g/mol. The Balaban J connectivity index is 2.23. The SMILES string of the molecule is Cc1cccc(SCc2ccc(Br)cc2[N+](=O)[O-])c1N. The van der Waals surface area contributed by atoms with Crippen LogP contribution in [0.15, 0.2) is 45.8 Å². The Morgan fingerprint density at radius 3 is 2.80 bits per heavy atom. The molecule has 0 atom stereocenters. The molecule has 20 heavy (non-hydrogen) atoms. The highest BCUT2D eigenvalue weighted by Crippen LogP contribution is 2.33. The van der Waals surface area contributed by atoms with Gasteiger partial charge in [0.05, 0.1) is 4.92 Å². The number of hydrogen-bond acceptors (Lipinski definition) is 4. The molecule has 6 heteroatoms. The van der Waals surface area contributed by atoms with Gasteiger partial charge in [0.15, 0.2) is 0 Å². The molecule has 2 rings (SSSR count). The summed E-state index contributed by atoms with van der Waals surface area (Å²) in [6.07, 6.45) is 0. The van der Waals surface area contributed by atoms with Gasteiger partial charge in [-0.15, -0.1) is 11.8 Å². The monoisotopic (exact) mass is 352 g/mol. The number of rotatable bonds is 4. The van der Waals surface area contributed by atoms with Crippen LogP contribution >= 0.6 is 27.7 Å². The number of nitrogens with two attached hydrogens (primary N) is 1. The summed E-state index contributed by atoms with van der Waals surface area (Å²) in [6.45, 7) is 1.95.